The second-order valence-corrected chi connectivity index (χ2v) is 5.01. The number of rotatable bonds is 4. The maximum atomic E-state index is 5.72. The predicted molar refractivity (Wildman–Crippen MR) is 70.1 cm³/mol. The molecule has 1 aromatic rings. The van der Waals surface area contributed by atoms with Gasteiger partial charge in [0, 0.05) is 25.6 Å². The van der Waals surface area contributed by atoms with Crippen molar-refractivity contribution in [1.29, 1.82) is 0 Å². The highest BCUT2D eigenvalue weighted by atomic mass is 16.5. The summed E-state index contributed by atoms with van der Waals surface area (Å²) < 4.78 is 10.9. The molecule has 3 heterocycles. The highest BCUT2D eigenvalue weighted by molar-refractivity contribution is 5.36. The number of anilines is 2. The molecule has 7 heteroatoms. The van der Waals surface area contributed by atoms with Crippen molar-refractivity contribution in [2.75, 3.05) is 43.5 Å². The lowest BCUT2D eigenvalue weighted by atomic mass is 10.1. The molecular weight excluding hydrogens is 246 g/mol. The Labute approximate surface area is 112 Å². The van der Waals surface area contributed by atoms with E-state index in [1.54, 1.807) is 0 Å². The Morgan fingerprint density at radius 3 is 2.84 bits per heavy atom. The van der Waals surface area contributed by atoms with Crippen molar-refractivity contribution < 1.29 is 9.47 Å². The maximum Gasteiger partial charge on any atom is 0.323 e. The van der Waals surface area contributed by atoms with Crippen molar-refractivity contribution in [3.8, 4) is 6.01 Å². The van der Waals surface area contributed by atoms with Gasteiger partial charge in [0.25, 0.3) is 0 Å². The third-order valence-electron chi connectivity index (χ3n) is 3.48. The molecular formula is C12H19N5O2. The van der Waals surface area contributed by atoms with E-state index in [0.717, 1.165) is 32.7 Å². The molecule has 0 spiro atoms. The van der Waals surface area contributed by atoms with Crippen LogP contribution >= 0.6 is 0 Å². The molecule has 2 fully saturated rings. The van der Waals surface area contributed by atoms with Crippen LogP contribution in [0.15, 0.2) is 0 Å². The van der Waals surface area contributed by atoms with Gasteiger partial charge in [-0.05, 0) is 19.3 Å². The number of nitrogens with two attached hydrogens (primary N) is 1. The topological polar surface area (TPSA) is 86.4 Å². The first-order valence-electron chi connectivity index (χ1n) is 6.78. The third kappa shape index (κ3) is 3.04. The first-order chi connectivity index (χ1) is 9.31. The van der Waals surface area contributed by atoms with Gasteiger partial charge in [-0.15, -0.1) is 0 Å². The second-order valence-electron chi connectivity index (χ2n) is 5.01. The number of ether oxygens (including phenoxy) is 2. The first kappa shape index (κ1) is 12.4. The summed E-state index contributed by atoms with van der Waals surface area (Å²) in [6, 6.07) is 0.321. The van der Waals surface area contributed by atoms with Crippen LogP contribution in [0.2, 0.25) is 0 Å². The number of hydrogen-bond donors (Lipinski definition) is 1. The fraction of sp³-hybridized carbons (Fsp3) is 0.750. The van der Waals surface area contributed by atoms with Gasteiger partial charge >= 0.3 is 6.01 Å². The van der Waals surface area contributed by atoms with Crippen molar-refractivity contribution in [3.05, 3.63) is 0 Å². The van der Waals surface area contributed by atoms with Crippen LogP contribution in [0.25, 0.3) is 0 Å². The summed E-state index contributed by atoms with van der Waals surface area (Å²) in [5.74, 6) is 1.27. The van der Waals surface area contributed by atoms with Crippen LogP contribution in [-0.4, -0.2) is 47.9 Å². The summed E-state index contributed by atoms with van der Waals surface area (Å²) in [4.78, 5) is 14.7. The Morgan fingerprint density at radius 1 is 1.26 bits per heavy atom. The Hall–Kier alpha value is -1.63. The lowest BCUT2D eigenvalue weighted by molar-refractivity contribution is 0.163. The van der Waals surface area contributed by atoms with E-state index < -0.39 is 0 Å². The summed E-state index contributed by atoms with van der Waals surface area (Å²) in [6.07, 6.45) is 3.36. The summed E-state index contributed by atoms with van der Waals surface area (Å²) >= 11 is 0. The largest absolute Gasteiger partial charge is 0.463 e. The van der Waals surface area contributed by atoms with E-state index in [1.807, 2.05) is 0 Å². The minimum Gasteiger partial charge on any atom is -0.463 e. The van der Waals surface area contributed by atoms with Crippen LogP contribution in [0.4, 0.5) is 11.9 Å². The van der Waals surface area contributed by atoms with E-state index in [2.05, 4.69) is 19.9 Å². The molecule has 0 amide bonds. The van der Waals surface area contributed by atoms with Crippen LogP contribution in [0.3, 0.4) is 0 Å². The van der Waals surface area contributed by atoms with E-state index in [4.69, 9.17) is 15.2 Å². The molecule has 1 unspecified atom stereocenters. The van der Waals surface area contributed by atoms with Gasteiger partial charge < -0.3 is 20.1 Å². The Bertz CT molecular complexity index is 430. The van der Waals surface area contributed by atoms with Gasteiger partial charge in [-0.2, -0.15) is 15.0 Å². The molecule has 0 aliphatic carbocycles. The van der Waals surface area contributed by atoms with Gasteiger partial charge in [-0.3, -0.25) is 0 Å². The van der Waals surface area contributed by atoms with Crippen molar-refractivity contribution in [2.45, 2.75) is 19.3 Å². The fourth-order valence-corrected chi connectivity index (χ4v) is 2.39. The summed E-state index contributed by atoms with van der Waals surface area (Å²) in [7, 11) is 0. The van der Waals surface area contributed by atoms with E-state index in [0.29, 0.717) is 24.5 Å². The average molecular weight is 265 g/mol. The van der Waals surface area contributed by atoms with Gasteiger partial charge in [-0.1, -0.05) is 0 Å². The highest BCUT2D eigenvalue weighted by Crippen LogP contribution is 2.19. The minimum atomic E-state index is 0.217. The number of nitrogens with zero attached hydrogens (tertiary/aromatic N) is 4. The Kier molecular flexibility index (Phi) is 3.63. The van der Waals surface area contributed by atoms with Gasteiger partial charge in [0.15, 0.2) is 0 Å². The van der Waals surface area contributed by atoms with Crippen molar-refractivity contribution in [1.82, 2.24) is 15.0 Å². The number of aromatic nitrogens is 3. The average Bonchev–Trinajstić information content (AvgIpc) is 3.09. The van der Waals surface area contributed by atoms with Crippen LogP contribution in [0.1, 0.15) is 19.3 Å². The van der Waals surface area contributed by atoms with Crippen molar-refractivity contribution in [2.24, 2.45) is 5.92 Å². The standard InChI is InChI=1S/C12H19N5O2/c13-10-14-11(17-4-1-2-5-17)16-12(15-10)19-8-9-3-6-18-7-9/h9H,1-8H2,(H2,13,14,15,16). The molecule has 0 radical (unpaired) electrons. The molecule has 1 aromatic heterocycles. The number of hydrogen-bond acceptors (Lipinski definition) is 7. The molecule has 1 atom stereocenters. The molecule has 7 nitrogen and oxygen atoms in total. The second kappa shape index (κ2) is 5.56. The molecule has 2 saturated heterocycles. The van der Waals surface area contributed by atoms with Crippen molar-refractivity contribution in [3.63, 3.8) is 0 Å². The summed E-state index contributed by atoms with van der Waals surface area (Å²) in [5.41, 5.74) is 5.72. The minimum absolute atomic E-state index is 0.217. The van der Waals surface area contributed by atoms with Gasteiger partial charge in [0.05, 0.1) is 13.2 Å². The van der Waals surface area contributed by atoms with E-state index in [9.17, 15) is 0 Å². The predicted octanol–water partition coefficient (Wildman–Crippen LogP) is 0.469. The normalized spacial score (nSPS) is 22.9. The Balaban J connectivity index is 1.66. The number of nitrogen functional groups attached to an aromatic ring is 1. The molecule has 104 valence electrons. The molecule has 2 aliphatic heterocycles. The maximum absolute atomic E-state index is 5.72. The lowest BCUT2D eigenvalue weighted by Gasteiger charge is -2.16. The molecule has 0 aromatic carbocycles. The van der Waals surface area contributed by atoms with E-state index in [-0.39, 0.29) is 5.95 Å². The zero-order chi connectivity index (χ0) is 13.1. The quantitative estimate of drug-likeness (QED) is 0.846. The fourth-order valence-electron chi connectivity index (χ4n) is 2.39. The SMILES string of the molecule is Nc1nc(OCC2CCOC2)nc(N2CCCC2)n1. The van der Waals surface area contributed by atoms with Gasteiger partial charge in [0.2, 0.25) is 11.9 Å². The lowest BCUT2D eigenvalue weighted by Crippen LogP contribution is -2.22. The summed E-state index contributed by atoms with van der Waals surface area (Å²) in [6.45, 7) is 4.08. The molecule has 0 bridgehead atoms. The first-order valence-corrected chi connectivity index (χ1v) is 6.78. The Morgan fingerprint density at radius 2 is 2.11 bits per heavy atom. The van der Waals surface area contributed by atoms with Gasteiger partial charge in [0.1, 0.15) is 0 Å². The zero-order valence-corrected chi connectivity index (χ0v) is 10.9. The third-order valence-corrected chi connectivity index (χ3v) is 3.48. The molecule has 3 rings (SSSR count). The van der Waals surface area contributed by atoms with E-state index >= 15 is 0 Å². The molecule has 2 N–H and O–H groups in total. The highest BCUT2D eigenvalue weighted by Gasteiger charge is 2.19. The van der Waals surface area contributed by atoms with Crippen LogP contribution < -0.4 is 15.4 Å². The van der Waals surface area contributed by atoms with Crippen LogP contribution in [-0.2, 0) is 4.74 Å². The molecule has 0 saturated carbocycles. The van der Waals surface area contributed by atoms with Crippen LogP contribution in [0.5, 0.6) is 6.01 Å². The monoisotopic (exact) mass is 265 g/mol. The van der Waals surface area contributed by atoms with Gasteiger partial charge in [-0.25, -0.2) is 0 Å². The smallest absolute Gasteiger partial charge is 0.323 e. The summed E-state index contributed by atoms with van der Waals surface area (Å²) in [5, 5.41) is 0. The molecule has 2 aliphatic rings. The van der Waals surface area contributed by atoms with Crippen LogP contribution in [0, 0.1) is 5.92 Å². The zero-order valence-electron chi connectivity index (χ0n) is 10.9. The van der Waals surface area contributed by atoms with Crippen molar-refractivity contribution >= 4 is 11.9 Å². The van der Waals surface area contributed by atoms with E-state index in [1.165, 1.54) is 12.8 Å². The molecule has 19 heavy (non-hydrogen) atoms.